The molecule has 10 heteroatoms. The number of amides is 2. The molecule has 0 saturated heterocycles. The van der Waals surface area contributed by atoms with Gasteiger partial charge in [0, 0.05) is 13.1 Å². The minimum Gasteiger partial charge on any atom is -0.355 e. The molecule has 0 saturated carbocycles. The monoisotopic (exact) mass is 575 g/mol. The van der Waals surface area contributed by atoms with Gasteiger partial charge in [-0.05, 0) is 61.7 Å². The van der Waals surface area contributed by atoms with E-state index in [0.717, 1.165) is 15.4 Å². The molecule has 0 fully saturated rings. The Kier molecular flexibility index (Phi) is 10.2. The van der Waals surface area contributed by atoms with E-state index in [0.29, 0.717) is 13.0 Å². The van der Waals surface area contributed by atoms with Gasteiger partial charge in [0.1, 0.15) is 12.6 Å². The number of halogens is 2. The highest BCUT2D eigenvalue weighted by molar-refractivity contribution is 7.92. The fourth-order valence-corrected chi connectivity index (χ4v) is 5.79. The van der Waals surface area contributed by atoms with E-state index in [9.17, 15) is 18.0 Å². The molecular formula is C28H31Cl2N3O4S. The Labute approximate surface area is 234 Å². The van der Waals surface area contributed by atoms with Crippen molar-refractivity contribution < 1.29 is 18.0 Å². The summed E-state index contributed by atoms with van der Waals surface area (Å²) in [6.07, 6.45) is 0.349. The third-order valence-electron chi connectivity index (χ3n) is 6.14. The van der Waals surface area contributed by atoms with E-state index in [2.05, 4.69) is 5.32 Å². The van der Waals surface area contributed by atoms with Gasteiger partial charge in [0.2, 0.25) is 11.8 Å². The fourth-order valence-electron chi connectivity index (χ4n) is 4.07. The number of anilines is 1. The number of sulfonamides is 1. The number of carbonyl (C=O) groups excluding carboxylic acids is 2. The summed E-state index contributed by atoms with van der Waals surface area (Å²) in [6.45, 7) is 5.54. The fraction of sp³-hybridized carbons (Fsp3) is 0.286. The molecular weight excluding hydrogens is 545 g/mol. The number of nitrogens with one attached hydrogen (secondary N) is 1. The quantitative estimate of drug-likeness (QED) is 0.330. The van der Waals surface area contributed by atoms with E-state index in [4.69, 9.17) is 23.2 Å². The number of aryl methyl sites for hydroxylation is 1. The van der Waals surface area contributed by atoms with Crippen molar-refractivity contribution in [2.24, 2.45) is 0 Å². The van der Waals surface area contributed by atoms with Crippen LogP contribution in [0.2, 0.25) is 10.0 Å². The number of hydrogen-bond donors (Lipinski definition) is 1. The van der Waals surface area contributed by atoms with Crippen molar-refractivity contribution >= 4 is 50.7 Å². The summed E-state index contributed by atoms with van der Waals surface area (Å²) in [5.41, 5.74) is 1.99. The molecule has 0 aliphatic carbocycles. The Bertz CT molecular complexity index is 1380. The normalized spacial score (nSPS) is 12.0. The van der Waals surface area contributed by atoms with Crippen molar-refractivity contribution in [1.82, 2.24) is 10.2 Å². The lowest BCUT2D eigenvalue weighted by Gasteiger charge is -2.33. The van der Waals surface area contributed by atoms with Gasteiger partial charge in [-0.15, -0.1) is 0 Å². The van der Waals surface area contributed by atoms with E-state index < -0.39 is 28.5 Å². The summed E-state index contributed by atoms with van der Waals surface area (Å²) in [5, 5.41) is 3.19. The number of benzene rings is 3. The predicted octanol–water partition coefficient (Wildman–Crippen LogP) is 5.44. The summed E-state index contributed by atoms with van der Waals surface area (Å²) < 4.78 is 28.6. The summed E-state index contributed by atoms with van der Waals surface area (Å²) in [7, 11) is -4.17. The molecule has 1 atom stereocenters. The van der Waals surface area contributed by atoms with Gasteiger partial charge >= 0.3 is 0 Å². The van der Waals surface area contributed by atoms with Crippen molar-refractivity contribution in [3.05, 3.63) is 94.0 Å². The maximum absolute atomic E-state index is 14.0. The van der Waals surface area contributed by atoms with Gasteiger partial charge < -0.3 is 10.2 Å². The van der Waals surface area contributed by atoms with Crippen molar-refractivity contribution in [1.29, 1.82) is 0 Å². The van der Waals surface area contributed by atoms with Gasteiger partial charge in [-0.1, -0.05) is 72.6 Å². The summed E-state index contributed by atoms with van der Waals surface area (Å²) in [6, 6.07) is 19.0. The van der Waals surface area contributed by atoms with Crippen molar-refractivity contribution in [3.8, 4) is 0 Å². The van der Waals surface area contributed by atoms with E-state index >= 15 is 0 Å². The van der Waals surface area contributed by atoms with Crippen LogP contribution in [0.4, 0.5) is 5.69 Å². The van der Waals surface area contributed by atoms with Crippen LogP contribution in [0.5, 0.6) is 0 Å². The molecule has 202 valence electrons. The van der Waals surface area contributed by atoms with Crippen LogP contribution in [0, 0.1) is 6.92 Å². The summed E-state index contributed by atoms with van der Waals surface area (Å²) in [4.78, 5) is 28.4. The zero-order chi connectivity index (χ0) is 27.9. The van der Waals surface area contributed by atoms with Crippen molar-refractivity contribution in [2.75, 3.05) is 17.4 Å². The maximum atomic E-state index is 14.0. The lowest BCUT2D eigenvalue weighted by molar-refractivity contribution is -0.140. The summed E-state index contributed by atoms with van der Waals surface area (Å²) in [5.74, 6) is -0.833. The second-order valence-corrected chi connectivity index (χ2v) is 11.4. The number of nitrogens with zero attached hydrogens (tertiary/aromatic N) is 2. The SMILES string of the molecule is CCNC(=O)[C@@H](CC)N(Cc1ccccc1C)C(=O)CN(c1ccc(Cl)c(Cl)c1)S(=O)(=O)c1ccccc1. The zero-order valence-corrected chi connectivity index (χ0v) is 23.9. The molecule has 2 amide bonds. The first-order valence-electron chi connectivity index (χ1n) is 12.2. The Balaban J connectivity index is 2.08. The van der Waals surface area contributed by atoms with Crippen LogP contribution in [-0.2, 0) is 26.2 Å². The highest BCUT2D eigenvalue weighted by Gasteiger charge is 2.33. The van der Waals surface area contributed by atoms with Crippen LogP contribution in [0.1, 0.15) is 31.4 Å². The topological polar surface area (TPSA) is 86.8 Å². The molecule has 7 nitrogen and oxygen atoms in total. The molecule has 0 radical (unpaired) electrons. The van der Waals surface area contributed by atoms with Gasteiger partial charge in [-0.2, -0.15) is 0 Å². The molecule has 3 rings (SSSR count). The Morgan fingerprint density at radius 1 is 0.921 bits per heavy atom. The molecule has 1 N–H and O–H groups in total. The van der Waals surface area contributed by atoms with Crippen LogP contribution in [0.3, 0.4) is 0 Å². The minimum absolute atomic E-state index is 0.0140. The zero-order valence-electron chi connectivity index (χ0n) is 21.5. The highest BCUT2D eigenvalue weighted by atomic mass is 35.5. The Morgan fingerprint density at radius 3 is 2.18 bits per heavy atom. The lowest BCUT2D eigenvalue weighted by atomic mass is 10.1. The number of likely N-dealkylation sites (N-methyl/N-ethyl adjacent to an activating group) is 1. The van der Waals surface area contributed by atoms with Crippen LogP contribution in [0.15, 0.2) is 77.7 Å². The minimum atomic E-state index is -4.17. The van der Waals surface area contributed by atoms with Crippen molar-refractivity contribution in [2.45, 2.75) is 44.7 Å². The van der Waals surface area contributed by atoms with Crippen LogP contribution >= 0.6 is 23.2 Å². The standard InChI is InChI=1S/C28H31Cl2N3O4S/c1-4-26(28(35)31-5-2)32(18-21-12-10-9-11-20(21)3)27(34)19-33(22-15-16-24(29)25(30)17-22)38(36,37)23-13-7-6-8-14-23/h6-17,26H,4-5,18-19H2,1-3H3,(H,31,35)/t26-/m1/s1. The third kappa shape index (κ3) is 6.87. The molecule has 0 aromatic heterocycles. The van der Waals surface area contributed by atoms with Gasteiger partial charge in [-0.3, -0.25) is 13.9 Å². The first-order valence-corrected chi connectivity index (χ1v) is 14.4. The second-order valence-electron chi connectivity index (χ2n) is 8.69. The van der Waals surface area contributed by atoms with Crippen LogP contribution in [0.25, 0.3) is 0 Å². The molecule has 0 heterocycles. The van der Waals surface area contributed by atoms with E-state index in [1.165, 1.54) is 35.2 Å². The van der Waals surface area contributed by atoms with E-state index in [1.54, 1.807) is 25.1 Å². The van der Waals surface area contributed by atoms with E-state index in [-0.39, 0.29) is 33.1 Å². The van der Waals surface area contributed by atoms with Crippen LogP contribution in [-0.4, -0.2) is 44.3 Å². The van der Waals surface area contributed by atoms with Gasteiger partial charge in [-0.25, -0.2) is 8.42 Å². The van der Waals surface area contributed by atoms with Gasteiger partial charge in [0.25, 0.3) is 10.0 Å². The Hall–Kier alpha value is -3.07. The lowest BCUT2D eigenvalue weighted by Crippen LogP contribution is -2.52. The first kappa shape index (κ1) is 29.5. The van der Waals surface area contributed by atoms with E-state index in [1.807, 2.05) is 38.1 Å². The highest BCUT2D eigenvalue weighted by Crippen LogP contribution is 2.31. The first-order chi connectivity index (χ1) is 18.1. The second kappa shape index (κ2) is 13.1. The smallest absolute Gasteiger partial charge is 0.264 e. The molecule has 0 unspecified atom stereocenters. The molecule has 38 heavy (non-hydrogen) atoms. The number of hydrogen-bond acceptors (Lipinski definition) is 4. The predicted molar refractivity (Wildman–Crippen MR) is 152 cm³/mol. The third-order valence-corrected chi connectivity index (χ3v) is 8.67. The summed E-state index contributed by atoms with van der Waals surface area (Å²) >= 11 is 12.3. The average Bonchev–Trinajstić information content (AvgIpc) is 2.90. The van der Waals surface area contributed by atoms with Gasteiger partial charge in [0.05, 0.1) is 20.6 Å². The molecule has 0 bridgehead atoms. The van der Waals surface area contributed by atoms with Crippen LogP contribution < -0.4 is 9.62 Å². The van der Waals surface area contributed by atoms with Gasteiger partial charge in [0.15, 0.2) is 0 Å². The largest absolute Gasteiger partial charge is 0.355 e. The van der Waals surface area contributed by atoms with Crippen molar-refractivity contribution in [3.63, 3.8) is 0 Å². The molecule has 0 aliphatic rings. The molecule has 0 spiro atoms. The average molecular weight is 577 g/mol. The molecule has 3 aromatic rings. The Morgan fingerprint density at radius 2 is 1.58 bits per heavy atom. The maximum Gasteiger partial charge on any atom is 0.264 e. The molecule has 0 aliphatic heterocycles. The number of rotatable bonds is 11. The number of carbonyl (C=O) groups is 2. The molecule has 3 aromatic carbocycles.